The summed E-state index contributed by atoms with van der Waals surface area (Å²) in [5, 5.41) is 11.4. The molecule has 3 aromatic rings. The average molecular weight is 461 g/mol. The molecule has 1 N–H and O–H groups in total. The Morgan fingerprint density at radius 3 is 2.41 bits per heavy atom. The standard InChI is InChI=1S/C23H16ClF3N2O3/c1-31-20-11-14(13-28)7-10-19(20)32-21(15-5-3-2-4-6-15)22(30)29-18-12-16(23(25,26)27)8-9-17(18)24/h2-12,21H,1H3,(H,29,30)/t21-/m0/s1. The maximum atomic E-state index is 13.1. The van der Waals surface area contributed by atoms with E-state index in [9.17, 15) is 18.0 Å². The maximum absolute atomic E-state index is 13.1. The molecule has 0 aliphatic rings. The number of nitrogens with zero attached hydrogens (tertiary/aromatic N) is 1. The summed E-state index contributed by atoms with van der Waals surface area (Å²) in [5.41, 5.74) is -0.392. The van der Waals surface area contributed by atoms with Crippen LogP contribution in [0, 0.1) is 11.3 Å². The molecule has 1 amide bonds. The lowest BCUT2D eigenvalue weighted by molar-refractivity contribution is -0.137. The number of nitriles is 1. The smallest absolute Gasteiger partial charge is 0.416 e. The number of amides is 1. The van der Waals surface area contributed by atoms with Crippen molar-refractivity contribution in [3.8, 4) is 17.6 Å². The van der Waals surface area contributed by atoms with Crippen LogP contribution in [0.25, 0.3) is 0 Å². The molecule has 0 aromatic heterocycles. The van der Waals surface area contributed by atoms with E-state index >= 15 is 0 Å². The molecule has 1 atom stereocenters. The quantitative estimate of drug-likeness (QED) is 0.490. The number of rotatable bonds is 6. The minimum Gasteiger partial charge on any atom is -0.493 e. The van der Waals surface area contributed by atoms with Crippen LogP contribution < -0.4 is 14.8 Å². The molecule has 0 radical (unpaired) electrons. The second-order valence-electron chi connectivity index (χ2n) is 6.57. The Morgan fingerprint density at radius 2 is 1.78 bits per heavy atom. The van der Waals surface area contributed by atoms with Gasteiger partial charge in [-0.25, -0.2) is 0 Å². The molecule has 3 rings (SSSR count). The van der Waals surface area contributed by atoms with Crippen molar-refractivity contribution in [2.75, 3.05) is 12.4 Å². The van der Waals surface area contributed by atoms with Crippen molar-refractivity contribution in [2.45, 2.75) is 12.3 Å². The van der Waals surface area contributed by atoms with Gasteiger partial charge in [-0.05, 0) is 30.3 Å². The van der Waals surface area contributed by atoms with Gasteiger partial charge >= 0.3 is 6.18 Å². The predicted molar refractivity (Wildman–Crippen MR) is 113 cm³/mol. The number of benzene rings is 3. The zero-order valence-corrected chi connectivity index (χ0v) is 17.4. The van der Waals surface area contributed by atoms with Crippen molar-refractivity contribution in [3.63, 3.8) is 0 Å². The third kappa shape index (κ3) is 5.31. The van der Waals surface area contributed by atoms with Crippen molar-refractivity contribution < 1.29 is 27.4 Å². The molecule has 3 aromatic carbocycles. The number of carbonyl (C=O) groups is 1. The van der Waals surface area contributed by atoms with Crippen LogP contribution in [0.5, 0.6) is 11.5 Å². The lowest BCUT2D eigenvalue weighted by Gasteiger charge is -2.21. The molecule has 0 aliphatic heterocycles. The monoisotopic (exact) mass is 460 g/mol. The van der Waals surface area contributed by atoms with E-state index in [0.717, 1.165) is 18.2 Å². The first-order valence-corrected chi connectivity index (χ1v) is 9.58. The van der Waals surface area contributed by atoms with E-state index in [2.05, 4.69) is 5.32 Å². The summed E-state index contributed by atoms with van der Waals surface area (Å²) in [6.07, 6.45) is -5.85. The number of anilines is 1. The highest BCUT2D eigenvalue weighted by Crippen LogP contribution is 2.36. The number of hydrogen-bond acceptors (Lipinski definition) is 4. The van der Waals surface area contributed by atoms with Crippen LogP contribution in [0.4, 0.5) is 18.9 Å². The fourth-order valence-corrected chi connectivity index (χ4v) is 3.02. The number of hydrogen-bond donors (Lipinski definition) is 1. The molecule has 0 aliphatic carbocycles. The first-order chi connectivity index (χ1) is 15.2. The van der Waals surface area contributed by atoms with E-state index in [1.54, 1.807) is 30.3 Å². The number of nitrogens with one attached hydrogen (secondary N) is 1. The van der Waals surface area contributed by atoms with Gasteiger partial charge in [0.15, 0.2) is 11.5 Å². The molecule has 0 spiro atoms. The van der Waals surface area contributed by atoms with E-state index in [0.29, 0.717) is 11.1 Å². The van der Waals surface area contributed by atoms with Gasteiger partial charge in [0.2, 0.25) is 6.10 Å². The topological polar surface area (TPSA) is 71.3 Å². The molecular formula is C23H16ClF3N2O3. The first kappa shape index (κ1) is 23.0. The molecule has 0 bridgehead atoms. The Balaban J connectivity index is 1.96. The SMILES string of the molecule is COc1cc(C#N)ccc1O[C@H](C(=O)Nc1cc(C(F)(F)F)ccc1Cl)c1ccccc1. The van der Waals surface area contributed by atoms with E-state index in [-0.39, 0.29) is 22.2 Å². The molecule has 5 nitrogen and oxygen atoms in total. The zero-order chi connectivity index (χ0) is 23.3. The maximum Gasteiger partial charge on any atom is 0.416 e. The number of methoxy groups -OCH3 is 1. The lowest BCUT2D eigenvalue weighted by atomic mass is 10.1. The number of halogens is 4. The van der Waals surface area contributed by atoms with Gasteiger partial charge in [0.25, 0.3) is 5.91 Å². The van der Waals surface area contributed by atoms with Crippen LogP contribution in [0.2, 0.25) is 5.02 Å². The second-order valence-corrected chi connectivity index (χ2v) is 6.97. The summed E-state index contributed by atoms with van der Waals surface area (Å²) >= 11 is 6.01. The van der Waals surface area contributed by atoms with E-state index in [1.807, 2.05) is 6.07 Å². The van der Waals surface area contributed by atoms with Gasteiger partial charge in [-0.15, -0.1) is 0 Å². The largest absolute Gasteiger partial charge is 0.493 e. The van der Waals surface area contributed by atoms with Crippen LogP contribution in [0.3, 0.4) is 0 Å². The van der Waals surface area contributed by atoms with Crippen LogP contribution in [0.1, 0.15) is 22.8 Å². The van der Waals surface area contributed by atoms with Gasteiger partial charge in [0, 0.05) is 11.6 Å². The first-order valence-electron chi connectivity index (χ1n) is 9.20. The highest BCUT2D eigenvalue weighted by atomic mass is 35.5. The predicted octanol–water partition coefficient (Wildman–Crippen LogP) is 6.00. The van der Waals surface area contributed by atoms with E-state index < -0.39 is 23.8 Å². The third-order valence-corrected chi connectivity index (χ3v) is 4.76. The van der Waals surface area contributed by atoms with Crippen molar-refractivity contribution in [1.82, 2.24) is 0 Å². The normalized spacial score (nSPS) is 11.9. The zero-order valence-electron chi connectivity index (χ0n) is 16.6. The summed E-state index contributed by atoms with van der Waals surface area (Å²) in [5.74, 6) is -0.357. The van der Waals surface area contributed by atoms with E-state index in [1.165, 1.54) is 25.3 Å². The van der Waals surface area contributed by atoms with E-state index in [4.69, 9.17) is 26.3 Å². The molecule has 9 heteroatoms. The molecule has 0 heterocycles. The number of carbonyl (C=O) groups excluding carboxylic acids is 1. The van der Waals surface area contributed by atoms with Gasteiger partial charge in [0.1, 0.15) is 0 Å². The third-order valence-electron chi connectivity index (χ3n) is 4.43. The summed E-state index contributed by atoms with van der Waals surface area (Å²) in [6, 6.07) is 17.4. The van der Waals surface area contributed by atoms with Crippen LogP contribution in [0.15, 0.2) is 66.7 Å². The molecule has 0 saturated carbocycles. The second kappa shape index (κ2) is 9.62. The molecular weight excluding hydrogens is 445 g/mol. The van der Waals surface area contributed by atoms with Crippen LogP contribution in [-0.2, 0) is 11.0 Å². The lowest BCUT2D eigenvalue weighted by Crippen LogP contribution is -2.26. The fraction of sp³-hybridized carbons (Fsp3) is 0.130. The highest BCUT2D eigenvalue weighted by Gasteiger charge is 2.32. The summed E-state index contributed by atoms with van der Waals surface area (Å²) in [7, 11) is 1.38. The van der Waals surface area contributed by atoms with Crippen LogP contribution in [-0.4, -0.2) is 13.0 Å². The Bertz CT molecular complexity index is 1160. The minimum atomic E-state index is -4.60. The van der Waals surface area contributed by atoms with Gasteiger partial charge in [-0.3, -0.25) is 4.79 Å². The van der Waals surface area contributed by atoms with Crippen molar-refractivity contribution in [3.05, 3.63) is 88.4 Å². The Hall–Kier alpha value is -3.70. The van der Waals surface area contributed by atoms with Gasteiger partial charge in [0.05, 0.1) is 35.0 Å². The summed E-state index contributed by atoms with van der Waals surface area (Å²) in [4.78, 5) is 13.1. The van der Waals surface area contributed by atoms with Gasteiger partial charge in [-0.2, -0.15) is 18.4 Å². The minimum absolute atomic E-state index is 0.0610. The average Bonchev–Trinajstić information content (AvgIpc) is 2.78. The number of ether oxygens (including phenoxy) is 2. The highest BCUT2D eigenvalue weighted by molar-refractivity contribution is 6.33. The molecule has 0 saturated heterocycles. The van der Waals surface area contributed by atoms with Gasteiger partial charge in [-0.1, -0.05) is 41.9 Å². The Labute approximate surface area is 187 Å². The molecule has 0 unspecified atom stereocenters. The summed E-state index contributed by atoms with van der Waals surface area (Å²) in [6.45, 7) is 0. The Kier molecular flexibility index (Phi) is 6.91. The van der Waals surface area contributed by atoms with Crippen LogP contribution >= 0.6 is 11.6 Å². The summed E-state index contributed by atoms with van der Waals surface area (Å²) < 4.78 is 50.4. The Morgan fingerprint density at radius 1 is 1.06 bits per heavy atom. The van der Waals surface area contributed by atoms with Crippen molar-refractivity contribution in [2.24, 2.45) is 0 Å². The van der Waals surface area contributed by atoms with Crippen molar-refractivity contribution in [1.29, 1.82) is 5.26 Å². The number of alkyl halides is 3. The van der Waals surface area contributed by atoms with Gasteiger partial charge < -0.3 is 14.8 Å². The molecule has 0 fully saturated rings. The molecule has 32 heavy (non-hydrogen) atoms. The fourth-order valence-electron chi connectivity index (χ4n) is 2.86. The molecule has 164 valence electrons. The van der Waals surface area contributed by atoms with Crippen molar-refractivity contribution >= 4 is 23.2 Å².